The van der Waals surface area contributed by atoms with Crippen molar-refractivity contribution in [1.82, 2.24) is 20.0 Å². The van der Waals surface area contributed by atoms with Crippen molar-refractivity contribution >= 4 is 11.9 Å². The van der Waals surface area contributed by atoms with Gasteiger partial charge < -0.3 is 14.7 Å². The molecule has 92 valence electrons. The summed E-state index contributed by atoms with van der Waals surface area (Å²) in [5.74, 6) is 0.707. The summed E-state index contributed by atoms with van der Waals surface area (Å²) < 4.78 is 4.82. The van der Waals surface area contributed by atoms with Gasteiger partial charge in [0, 0.05) is 31.5 Å². The van der Waals surface area contributed by atoms with Crippen molar-refractivity contribution in [3.8, 4) is 0 Å². The molecule has 0 saturated carbocycles. The lowest BCUT2D eigenvalue weighted by molar-refractivity contribution is 0.0582. The Morgan fingerprint density at radius 1 is 1.33 bits per heavy atom. The van der Waals surface area contributed by atoms with Gasteiger partial charge in [0.2, 0.25) is 11.7 Å². The number of aromatic nitrogens is 3. The molecular formula is C11H11N5O2. The first kappa shape index (κ1) is 10.7. The lowest BCUT2D eigenvalue weighted by Crippen LogP contribution is -2.57. The molecule has 3 rings (SSSR count). The van der Waals surface area contributed by atoms with E-state index in [2.05, 4.69) is 20.4 Å². The van der Waals surface area contributed by atoms with Gasteiger partial charge in [-0.3, -0.25) is 4.79 Å². The van der Waals surface area contributed by atoms with Crippen LogP contribution >= 0.6 is 0 Å². The van der Waals surface area contributed by atoms with Crippen molar-refractivity contribution in [3.05, 3.63) is 36.5 Å². The van der Waals surface area contributed by atoms with Gasteiger partial charge in [0.05, 0.1) is 12.2 Å². The van der Waals surface area contributed by atoms with Crippen LogP contribution in [0.4, 0.5) is 5.95 Å². The zero-order chi connectivity index (χ0) is 12.4. The Hall–Kier alpha value is -2.44. The lowest BCUT2D eigenvalue weighted by Gasteiger charge is -2.38. The SMILES string of the molecule is O=C(c1ccno1)N1CC(Nc2ncccn2)C1. The normalized spacial score (nSPS) is 15.2. The average molecular weight is 245 g/mol. The van der Waals surface area contributed by atoms with E-state index in [1.807, 2.05) is 0 Å². The third-order valence-corrected chi connectivity index (χ3v) is 2.72. The van der Waals surface area contributed by atoms with Gasteiger partial charge in [-0.2, -0.15) is 0 Å². The van der Waals surface area contributed by atoms with Crippen LogP contribution < -0.4 is 5.32 Å². The first-order valence-electron chi connectivity index (χ1n) is 5.56. The van der Waals surface area contributed by atoms with Crippen LogP contribution in [0.15, 0.2) is 35.2 Å². The second-order valence-electron chi connectivity index (χ2n) is 4.00. The molecule has 0 bridgehead atoms. The minimum Gasteiger partial charge on any atom is -0.351 e. The van der Waals surface area contributed by atoms with E-state index >= 15 is 0 Å². The van der Waals surface area contributed by atoms with Crippen molar-refractivity contribution in [3.63, 3.8) is 0 Å². The van der Waals surface area contributed by atoms with E-state index in [9.17, 15) is 4.79 Å². The Bertz CT molecular complexity index is 522. The maximum atomic E-state index is 11.8. The lowest BCUT2D eigenvalue weighted by atomic mass is 10.1. The van der Waals surface area contributed by atoms with Crippen molar-refractivity contribution < 1.29 is 9.32 Å². The fraction of sp³-hybridized carbons (Fsp3) is 0.273. The predicted molar refractivity (Wildman–Crippen MR) is 61.8 cm³/mol. The summed E-state index contributed by atoms with van der Waals surface area (Å²) in [7, 11) is 0. The highest BCUT2D eigenvalue weighted by Gasteiger charge is 2.32. The summed E-state index contributed by atoms with van der Waals surface area (Å²) >= 11 is 0. The van der Waals surface area contributed by atoms with Crippen LogP contribution in [0, 0.1) is 0 Å². The number of rotatable bonds is 3. The van der Waals surface area contributed by atoms with Crippen LogP contribution in [0.5, 0.6) is 0 Å². The van der Waals surface area contributed by atoms with Gasteiger partial charge in [0.15, 0.2) is 0 Å². The highest BCUT2D eigenvalue weighted by atomic mass is 16.5. The van der Waals surface area contributed by atoms with E-state index in [1.54, 1.807) is 29.4 Å². The number of carbonyl (C=O) groups is 1. The van der Waals surface area contributed by atoms with Crippen LogP contribution in [-0.4, -0.2) is 45.1 Å². The summed E-state index contributed by atoms with van der Waals surface area (Å²) in [6, 6.07) is 3.49. The first-order chi connectivity index (χ1) is 8.83. The van der Waals surface area contributed by atoms with E-state index in [0.29, 0.717) is 19.0 Å². The molecule has 0 unspecified atom stereocenters. The van der Waals surface area contributed by atoms with Gasteiger partial charge in [0.25, 0.3) is 5.91 Å². The van der Waals surface area contributed by atoms with Crippen LogP contribution in [-0.2, 0) is 0 Å². The Morgan fingerprint density at radius 2 is 2.11 bits per heavy atom. The molecule has 0 aromatic carbocycles. The van der Waals surface area contributed by atoms with E-state index in [1.165, 1.54) is 6.20 Å². The number of hydrogen-bond donors (Lipinski definition) is 1. The molecule has 1 aliphatic heterocycles. The predicted octanol–water partition coefficient (Wildman–Crippen LogP) is 0.401. The van der Waals surface area contributed by atoms with E-state index in [4.69, 9.17) is 4.52 Å². The van der Waals surface area contributed by atoms with Gasteiger partial charge in [-0.25, -0.2) is 9.97 Å². The topological polar surface area (TPSA) is 84.2 Å². The van der Waals surface area contributed by atoms with Gasteiger partial charge in [0.1, 0.15) is 0 Å². The van der Waals surface area contributed by atoms with Crippen molar-refractivity contribution in [2.45, 2.75) is 6.04 Å². The Morgan fingerprint density at radius 3 is 2.78 bits per heavy atom. The molecule has 0 radical (unpaired) electrons. The fourth-order valence-electron chi connectivity index (χ4n) is 1.77. The molecule has 18 heavy (non-hydrogen) atoms. The maximum Gasteiger partial charge on any atom is 0.292 e. The number of nitrogens with zero attached hydrogens (tertiary/aromatic N) is 4. The smallest absolute Gasteiger partial charge is 0.292 e. The van der Waals surface area contributed by atoms with Crippen LogP contribution in [0.2, 0.25) is 0 Å². The number of nitrogens with one attached hydrogen (secondary N) is 1. The summed E-state index contributed by atoms with van der Waals surface area (Å²) in [6.07, 6.45) is 4.80. The first-order valence-corrected chi connectivity index (χ1v) is 5.56. The highest BCUT2D eigenvalue weighted by Crippen LogP contribution is 2.15. The summed E-state index contributed by atoms with van der Waals surface area (Å²) in [6.45, 7) is 1.22. The van der Waals surface area contributed by atoms with Crippen LogP contribution in [0.1, 0.15) is 10.6 Å². The Labute approximate surface area is 103 Å². The molecule has 1 aliphatic rings. The van der Waals surface area contributed by atoms with E-state index < -0.39 is 0 Å². The summed E-state index contributed by atoms with van der Waals surface area (Å²) in [5.41, 5.74) is 0. The number of likely N-dealkylation sites (tertiary alicyclic amines) is 1. The van der Waals surface area contributed by atoms with E-state index in [0.717, 1.165) is 0 Å². The maximum absolute atomic E-state index is 11.8. The summed E-state index contributed by atoms with van der Waals surface area (Å²) in [5, 5.41) is 6.66. The minimum absolute atomic E-state index is 0.139. The van der Waals surface area contributed by atoms with Crippen molar-refractivity contribution in [2.75, 3.05) is 18.4 Å². The number of amides is 1. The zero-order valence-corrected chi connectivity index (χ0v) is 9.48. The second-order valence-corrected chi connectivity index (χ2v) is 4.00. The van der Waals surface area contributed by atoms with Crippen molar-refractivity contribution in [1.29, 1.82) is 0 Å². The van der Waals surface area contributed by atoms with E-state index in [-0.39, 0.29) is 17.7 Å². The highest BCUT2D eigenvalue weighted by molar-refractivity contribution is 5.92. The average Bonchev–Trinajstić information content (AvgIpc) is 2.87. The van der Waals surface area contributed by atoms with Crippen LogP contribution in [0.3, 0.4) is 0 Å². The third-order valence-electron chi connectivity index (χ3n) is 2.72. The monoisotopic (exact) mass is 245 g/mol. The second kappa shape index (κ2) is 4.44. The van der Waals surface area contributed by atoms with Gasteiger partial charge in [-0.1, -0.05) is 5.16 Å². The molecule has 1 fully saturated rings. The molecule has 3 heterocycles. The standard InChI is InChI=1S/C11H11N5O2/c17-10(9-2-5-14-18-9)16-6-8(7-16)15-11-12-3-1-4-13-11/h1-5,8H,6-7H2,(H,12,13,15). The third kappa shape index (κ3) is 2.02. The molecule has 0 atom stereocenters. The number of hydrogen-bond acceptors (Lipinski definition) is 6. The fourth-order valence-corrected chi connectivity index (χ4v) is 1.77. The Kier molecular flexibility index (Phi) is 2.64. The Balaban J connectivity index is 1.53. The molecule has 7 nitrogen and oxygen atoms in total. The summed E-state index contributed by atoms with van der Waals surface area (Å²) in [4.78, 5) is 21.6. The van der Waals surface area contributed by atoms with Gasteiger partial charge in [-0.05, 0) is 6.07 Å². The molecule has 1 N–H and O–H groups in total. The number of anilines is 1. The molecule has 1 saturated heterocycles. The van der Waals surface area contributed by atoms with Gasteiger partial charge in [-0.15, -0.1) is 0 Å². The molecular weight excluding hydrogens is 234 g/mol. The van der Waals surface area contributed by atoms with Crippen LogP contribution in [0.25, 0.3) is 0 Å². The zero-order valence-electron chi connectivity index (χ0n) is 9.48. The molecule has 2 aromatic rings. The molecule has 7 heteroatoms. The number of carbonyl (C=O) groups excluding carboxylic acids is 1. The minimum atomic E-state index is -0.139. The van der Waals surface area contributed by atoms with Gasteiger partial charge >= 0.3 is 0 Å². The van der Waals surface area contributed by atoms with Crippen molar-refractivity contribution in [2.24, 2.45) is 0 Å². The molecule has 0 spiro atoms. The molecule has 2 aromatic heterocycles. The quantitative estimate of drug-likeness (QED) is 0.842. The molecule has 0 aliphatic carbocycles. The largest absolute Gasteiger partial charge is 0.351 e. The molecule has 1 amide bonds.